The van der Waals surface area contributed by atoms with Crippen molar-refractivity contribution in [2.24, 2.45) is 0 Å². The van der Waals surface area contributed by atoms with E-state index in [2.05, 4.69) is 29.0 Å². The third-order valence-corrected chi connectivity index (χ3v) is 13.0. The van der Waals surface area contributed by atoms with Crippen LogP contribution in [0, 0.1) is 25.5 Å². The van der Waals surface area contributed by atoms with Gasteiger partial charge in [0.2, 0.25) is 11.8 Å². The second-order valence-electron chi connectivity index (χ2n) is 16.6. The van der Waals surface area contributed by atoms with Crippen molar-refractivity contribution in [2.75, 3.05) is 68.8 Å². The number of hydrogen-bond acceptors (Lipinski definition) is 7. The van der Waals surface area contributed by atoms with Gasteiger partial charge in [-0.05, 0) is 126 Å². The average Bonchev–Trinajstić information content (AvgIpc) is 3.91. The van der Waals surface area contributed by atoms with Gasteiger partial charge in [0.25, 0.3) is 0 Å². The molecule has 8 rings (SSSR count). The zero-order valence-corrected chi connectivity index (χ0v) is 32.1. The SMILES string of the molecule is CCOC(=O)N1CCC(C)(N2CCC(N3C(=O)Cc4cc(F)c(C)cc43)CC2)C1.Cc1cc2c(cc1F)CC(=O)N2C1CCN(C2(C)CCNC2)CC1. The van der Waals surface area contributed by atoms with Gasteiger partial charge in [-0.25, -0.2) is 13.6 Å². The molecule has 2 aromatic carbocycles. The molecule has 0 radical (unpaired) electrons. The van der Waals surface area contributed by atoms with Crippen LogP contribution in [0.2, 0.25) is 0 Å². The molecule has 4 fully saturated rings. The summed E-state index contributed by atoms with van der Waals surface area (Å²) in [7, 11) is 0. The minimum atomic E-state index is -0.242. The second-order valence-corrected chi connectivity index (χ2v) is 16.6. The third kappa shape index (κ3) is 7.31. The van der Waals surface area contributed by atoms with E-state index < -0.39 is 0 Å². The summed E-state index contributed by atoms with van der Waals surface area (Å²) in [5, 5.41) is 3.47. The Morgan fingerprint density at radius 1 is 0.774 bits per heavy atom. The third-order valence-electron chi connectivity index (χ3n) is 13.0. The van der Waals surface area contributed by atoms with Crippen molar-refractivity contribution in [3.63, 3.8) is 0 Å². The van der Waals surface area contributed by atoms with Crippen LogP contribution in [0.3, 0.4) is 0 Å². The van der Waals surface area contributed by atoms with E-state index in [1.54, 1.807) is 24.8 Å². The molecule has 0 aromatic heterocycles. The molecule has 288 valence electrons. The summed E-state index contributed by atoms with van der Waals surface area (Å²) in [4.78, 5) is 48.0. The van der Waals surface area contributed by atoms with Crippen LogP contribution in [0.1, 0.15) is 81.5 Å². The number of amides is 3. The highest BCUT2D eigenvalue weighted by Crippen LogP contribution is 2.39. The van der Waals surface area contributed by atoms with Gasteiger partial charge in [0.15, 0.2) is 0 Å². The molecule has 12 heteroatoms. The number of nitrogens with zero attached hydrogens (tertiary/aromatic N) is 5. The first kappa shape index (κ1) is 37.7. The number of ether oxygens (including phenoxy) is 1. The highest BCUT2D eigenvalue weighted by molar-refractivity contribution is 6.02. The number of rotatable bonds is 5. The summed E-state index contributed by atoms with van der Waals surface area (Å²) in [6.45, 7) is 17.7. The molecule has 4 saturated heterocycles. The molecule has 6 heterocycles. The second kappa shape index (κ2) is 14.9. The Balaban J connectivity index is 0.000000167. The van der Waals surface area contributed by atoms with Gasteiger partial charge in [-0.15, -0.1) is 0 Å². The standard InChI is InChI=1S/C22H30FN3O3.C19H26FN3O/c1-4-29-21(28)24-10-7-22(3,14-24)25-8-5-17(6-9-25)26-19-11-15(2)18(23)12-16(19)13-20(26)27;1-13-9-17-14(10-16(13)20)11-18(24)23(17)15-3-7-22(8-4-15)19(2)5-6-21-12-19/h11-12,17H,4-10,13-14H2,1-3H3;9-10,15,21H,3-8,11-12H2,1-2H3. The van der Waals surface area contributed by atoms with Gasteiger partial charge in [0.05, 0.1) is 19.4 Å². The topological polar surface area (TPSA) is 88.7 Å². The molecule has 10 nitrogen and oxygen atoms in total. The van der Waals surface area contributed by atoms with Crippen molar-refractivity contribution in [1.29, 1.82) is 0 Å². The minimum Gasteiger partial charge on any atom is -0.450 e. The van der Waals surface area contributed by atoms with E-state index in [9.17, 15) is 23.2 Å². The highest BCUT2D eigenvalue weighted by Gasteiger charge is 2.44. The fraction of sp³-hybridized carbons (Fsp3) is 0.634. The minimum absolute atomic E-state index is 0.0512. The Morgan fingerprint density at radius 2 is 1.26 bits per heavy atom. The Hall–Kier alpha value is -3.61. The van der Waals surface area contributed by atoms with Gasteiger partial charge >= 0.3 is 6.09 Å². The highest BCUT2D eigenvalue weighted by atomic mass is 19.1. The molecule has 53 heavy (non-hydrogen) atoms. The first-order chi connectivity index (χ1) is 25.3. The first-order valence-electron chi connectivity index (χ1n) is 19.6. The lowest BCUT2D eigenvalue weighted by molar-refractivity contribution is -0.118. The quantitative estimate of drug-likeness (QED) is 0.444. The summed E-state index contributed by atoms with van der Waals surface area (Å²) in [5.41, 5.74) is 4.88. The van der Waals surface area contributed by atoms with Crippen molar-refractivity contribution in [3.05, 3.63) is 58.2 Å². The predicted octanol–water partition coefficient (Wildman–Crippen LogP) is 5.35. The monoisotopic (exact) mass is 734 g/mol. The molecule has 2 aromatic rings. The molecule has 0 spiro atoms. The summed E-state index contributed by atoms with van der Waals surface area (Å²) in [6, 6.07) is 7.13. The van der Waals surface area contributed by atoms with E-state index in [1.165, 1.54) is 12.5 Å². The van der Waals surface area contributed by atoms with Crippen LogP contribution in [0.25, 0.3) is 0 Å². The molecule has 2 atom stereocenters. The summed E-state index contributed by atoms with van der Waals surface area (Å²) in [6.07, 6.45) is 6.30. The summed E-state index contributed by atoms with van der Waals surface area (Å²) >= 11 is 0. The largest absolute Gasteiger partial charge is 0.450 e. The van der Waals surface area contributed by atoms with Crippen molar-refractivity contribution in [3.8, 4) is 0 Å². The summed E-state index contributed by atoms with van der Waals surface area (Å²) < 4.78 is 32.8. The maximum absolute atomic E-state index is 13.9. The van der Waals surface area contributed by atoms with Crippen LogP contribution >= 0.6 is 0 Å². The normalized spacial score (nSPS) is 27.0. The Morgan fingerprint density at radius 3 is 1.72 bits per heavy atom. The van der Waals surface area contributed by atoms with Gasteiger partial charge in [-0.2, -0.15) is 0 Å². The molecule has 2 unspecified atom stereocenters. The van der Waals surface area contributed by atoms with Gasteiger partial charge in [0, 0.05) is 80.3 Å². The van der Waals surface area contributed by atoms with Crippen LogP contribution in [-0.4, -0.2) is 115 Å². The fourth-order valence-electron chi connectivity index (χ4n) is 9.69. The molecule has 0 aliphatic carbocycles. The number of aryl methyl sites for hydroxylation is 2. The van der Waals surface area contributed by atoms with E-state index in [0.717, 1.165) is 100 Å². The maximum atomic E-state index is 13.9. The molecule has 0 saturated carbocycles. The van der Waals surface area contributed by atoms with E-state index in [4.69, 9.17) is 4.74 Å². The van der Waals surface area contributed by atoms with Crippen LogP contribution in [0.4, 0.5) is 25.0 Å². The molecule has 6 aliphatic heterocycles. The van der Waals surface area contributed by atoms with E-state index in [1.807, 2.05) is 28.9 Å². The van der Waals surface area contributed by atoms with Crippen LogP contribution in [0.15, 0.2) is 24.3 Å². The van der Waals surface area contributed by atoms with E-state index in [0.29, 0.717) is 37.1 Å². The molecular weight excluding hydrogens is 678 g/mol. The number of halogens is 2. The van der Waals surface area contributed by atoms with Crippen LogP contribution in [0.5, 0.6) is 0 Å². The number of piperidine rings is 2. The Kier molecular flexibility index (Phi) is 10.6. The lowest BCUT2D eigenvalue weighted by atomic mass is 9.93. The number of carbonyl (C=O) groups is 3. The number of hydrogen-bond donors (Lipinski definition) is 1. The molecule has 6 aliphatic rings. The predicted molar refractivity (Wildman–Crippen MR) is 201 cm³/mol. The smallest absolute Gasteiger partial charge is 0.409 e. The lowest BCUT2D eigenvalue weighted by Crippen LogP contribution is -2.55. The zero-order chi connectivity index (χ0) is 37.7. The Bertz CT molecular complexity index is 1730. The van der Waals surface area contributed by atoms with Crippen molar-refractivity contribution >= 4 is 29.3 Å². The number of anilines is 2. The van der Waals surface area contributed by atoms with E-state index >= 15 is 0 Å². The molecule has 0 bridgehead atoms. The van der Waals surface area contributed by atoms with Crippen molar-refractivity contribution in [1.82, 2.24) is 20.0 Å². The molecular formula is C41H56F2N6O4. The fourth-order valence-corrected chi connectivity index (χ4v) is 9.69. The molecule has 3 amide bonds. The first-order valence-corrected chi connectivity index (χ1v) is 19.6. The van der Waals surface area contributed by atoms with Gasteiger partial charge in [-0.3, -0.25) is 19.4 Å². The number of carbonyl (C=O) groups excluding carboxylic acids is 3. The lowest BCUT2D eigenvalue weighted by Gasteiger charge is -2.44. The zero-order valence-electron chi connectivity index (χ0n) is 32.1. The molecule has 1 N–H and O–H groups in total. The van der Waals surface area contributed by atoms with Crippen molar-refractivity contribution < 1.29 is 27.9 Å². The van der Waals surface area contributed by atoms with Gasteiger partial charge in [0.1, 0.15) is 11.6 Å². The van der Waals surface area contributed by atoms with Gasteiger partial charge in [-0.1, -0.05) is 0 Å². The van der Waals surface area contributed by atoms with Crippen LogP contribution < -0.4 is 15.1 Å². The van der Waals surface area contributed by atoms with Crippen LogP contribution in [-0.2, 0) is 27.2 Å². The van der Waals surface area contributed by atoms with E-state index in [-0.39, 0.29) is 52.7 Å². The summed E-state index contributed by atoms with van der Waals surface area (Å²) in [5.74, 6) is -0.250. The number of likely N-dealkylation sites (tertiary alicyclic amines) is 3. The van der Waals surface area contributed by atoms with Crippen molar-refractivity contribution in [2.45, 2.75) is 109 Å². The number of fused-ring (bicyclic) bond motifs is 2. The maximum Gasteiger partial charge on any atom is 0.409 e. The average molecular weight is 735 g/mol. The number of nitrogens with one attached hydrogen (secondary N) is 1. The van der Waals surface area contributed by atoms with Gasteiger partial charge < -0.3 is 24.8 Å². The Labute approximate surface area is 312 Å². The number of benzene rings is 2.